The number of thioether (sulfide) groups is 1. The third-order valence-electron chi connectivity index (χ3n) is 21.0. The number of unbranched alkanes of at least 4 members (excludes halogenated alkanes) is 3. The molecule has 0 saturated carbocycles. The Morgan fingerprint density at radius 1 is 0.570 bits per heavy atom. The van der Waals surface area contributed by atoms with Gasteiger partial charge in [-0.3, -0.25) is 57.6 Å². The number of carbonyl (C=O) groups is 11. The molecule has 14 atom stereocenters. The Balaban J connectivity index is 1.85. The molecule has 4 N–H and O–H groups in total. The molecule has 1 aromatic carbocycles. The van der Waals surface area contributed by atoms with Crippen LogP contribution in [0.4, 0.5) is 0 Å². The van der Waals surface area contributed by atoms with E-state index >= 15 is 33.6 Å². The monoisotopic (exact) mass is 1520 g/mol. The number of amides is 9. The molecule has 0 radical (unpaired) electrons. The molecule has 2 fully saturated rings. The van der Waals surface area contributed by atoms with Crippen LogP contribution in [0.5, 0.6) is 0 Å². The lowest BCUT2D eigenvalue weighted by Gasteiger charge is -2.40. The third kappa shape index (κ3) is 27.0. The van der Waals surface area contributed by atoms with Crippen molar-refractivity contribution in [2.75, 3.05) is 87.5 Å². The number of likely N-dealkylation sites (N-methyl/N-ethyl adjacent to an activating group) is 6. The topological polar surface area (TPSA) is 329 Å². The summed E-state index contributed by atoms with van der Waals surface area (Å²) in [5.41, 5.74) is 0.819. The van der Waals surface area contributed by atoms with Gasteiger partial charge in [-0.2, -0.15) is 4.68 Å². The number of tetrazole rings is 1. The van der Waals surface area contributed by atoms with Gasteiger partial charge < -0.3 is 59.9 Å². The summed E-state index contributed by atoms with van der Waals surface area (Å²) < 4.78 is 13.6. The van der Waals surface area contributed by atoms with Gasteiger partial charge in [0.15, 0.2) is 11.6 Å². The van der Waals surface area contributed by atoms with Crippen LogP contribution in [0.2, 0.25) is 0 Å². The lowest BCUT2D eigenvalue weighted by atomic mass is 9.85. The number of ketones is 2. The zero-order valence-corrected chi connectivity index (χ0v) is 69.2. The number of carbonyl (C=O) groups excluding carboxylic acids is 11. The van der Waals surface area contributed by atoms with Crippen molar-refractivity contribution < 1.29 is 67.3 Å². The zero-order chi connectivity index (χ0) is 80.4. The van der Waals surface area contributed by atoms with Gasteiger partial charge in [-0.05, 0) is 137 Å². The van der Waals surface area contributed by atoms with E-state index in [2.05, 4.69) is 36.4 Å². The fourth-order valence-corrected chi connectivity index (χ4v) is 15.0. The van der Waals surface area contributed by atoms with E-state index in [1.807, 2.05) is 71.9 Å². The van der Waals surface area contributed by atoms with Crippen molar-refractivity contribution in [2.24, 2.45) is 47.3 Å². The number of aromatic nitrogens is 4. The molecular weight excluding hydrogens is 1390 g/mol. The van der Waals surface area contributed by atoms with E-state index in [4.69, 9.17) is 9.47 Å². The Morgan fingerprint density at radius 2 is 1.13 bits per heavy atom. The second kappa shape index (κ2) is 44.6. The number of nitrogens with one attached hydrogen (secondary N) is 3. The van der Waals surface area contributed by atoms with Gasteiger partial charge in [-0.25, -0.2) is 0 Å². The van der Waals surface area contributed by atoms with Crippen LogP contribution in [0.3, 0.4) is 0 Å². The molecule has 0 unspecified atom stereocenters. The van der Waals surface area contributed by atoms with Crippen molar-refractivity contribution in [2.45, 2.75) is 260 Å². The molecule has 604 valence electrons. The molecule has 4 rings (SSSR count). The smallest absolute Gasteiger partial charge is 0.245 e. The molecule has 9 amide bonds. The van der Waals surface area contributed by atoms with E-state index in [0.29, 0.717) is 43.4 Å². The number of morpholine rings is 1. The number of benzene rings is 1. The van der Waals surface area contributed by atoms with Crippen molar-refractivity contribution in [1.82, 2.24) is 70.5 Å². The summed E-state index contributed by atoms with van der Waals surface area (Å²) in [6.07, 6.45) is 1.21. The molecule has 0 spiro atoms. The molecule has 29 heteroatoms. The summed E-state index contributed by atoms with van der Waals surface area (Å²) >= 11 is 1.50. The number of hydrogen-bond acceptors (Lipinski definition) is 19. The summed E-state index contributed by atoms with van der Waals surface area (Å²) in [4.78, 5) is 175. The number of aliphatic hydroxyl groups excluding tert-OH is 1. The zero-order valence-electron chi connectivity index (χ0n) is 68.4. The van der Waals surface area contributed by atoms with Gasteiger partial charge in [0.2, 0.25) is 58.3 Å². The van der Waals surface area contributed by atoms with Gasteiger partial charge in [0.25, 0.3) is 0 Å². The van der Waals surface area contributed by atoms with Crippen LogP contribution in [-0.4, -0.2) is 278 Å². The Morgan fingerprint density at radius 3 is 1.70 bits per heavy atom. The number of Topliss-reactive ketones (excluding diaryl/α,β-unsaturated/α-hetero) is 2. The van der Waals surface area contributed by atoms with Crippen LogP contribution >= 0.6 is 11.8 Å². The number of hydrogen-bond donors (Lipinski definition) is 4. The molecule has 28 nitrogen and oxygen atoms in total. The molecule has 0 aliphatic carbocycles. The highest BCUT2D eigenvalue weighted by Crippen LogP contribution is 2.29. The van der Waals surface area contributed by atoms with Gasteiger partial charge in [-0.1, -0.05) is 133 Å². The maximum Gasteiger partial charge on any atom is 0.245 e. The summed E-state index contributed by atoms with van der Waals surface area (Å²) in [5.74, 6) is -10.5. The minimum Gasteiger partial charge on any atom is -0.390 e. The molecule has 1 aromatic heterocycles. The predicted octanol–water partition coefficient (Wildman–Crippen LogP) is 6.33. The summed E-state index contributed by atoms with van der Waals surface area (Å²) in [6, 6.07) is -1.96. The molecule has 2 aliphatic rings. The van der Waals surface area contributed by atoms with E-state index < -0.39 is 161 Å². The van der Waals surface area contributed by atoms with E-state index in [9.17, 15) is 24.3 Å². The van der Waals surface area contributed by atoms with Crippen LogP contribution in [0.25, 0.3) is 5.69 Å². The van der Waals surface area contributed by atoms with Crippen LogP contribution in [0, 0.1) is 47.3 Å². The number of rotatable bonds is 26. The highest BCUT2D eigenvalue weighted by molar-refractivity contribution is 7.99. The minimum atomic E-state index is -1.71. The van der Waals surface area contributed by atoms with Crippen LogP contribution < -0.4 is 16.0 Å². The van der Waals surface area contributed by atoms with E-state index in [1.165, 1.54) is 97.3 Å². The Labute approximate surface area is 641 Å². The van der Waals surface area contributed by atoms with Gasteiger partial charge in [0.1, 0.15) is 48.3 Å². The van der Waals surface area contributed by atoms with Gasteiger partial charge in [-0.15, -0.1) is 5.10 Å². The molecule has 107 heavy (non-hydrogen) atoms. The van der Waals surface area contributed by atoms with Crippen molar-refractivity contribution in [3.8, 4) is 5.69 Å². The number of para-hydroxylation sites is 1. The number of nitrogens with zero attached hydrogens (tertiary/aromatic N) is 11. The minimum absolute atomic E-state index is 0.0156. The maximum atomic E-state index is 15.3. The Hall–Kier alpha value is -6.95. The van der Waals surface area contributed by atoms with E-state index in [0.717, 1.165) is 44.6 Å². The first-order chi connectivity index (χ1) is 50.3. The molecule has 3 heterocycles. The van der Waals surface area contributed by atoms with Crippen molar-refractivity contribution in [3.63, 3.8) is 0 Å². The van der Waals surface area contributed by atoms with Gasteiger partial charge >= 0.3 is 0 Å². The van der Waals surface area contributed by atoms with Crippen molar-refractivity contribution in [3.05, 3.63) is 30.3 Å². The lowest BCUT2D eigenvalue weighted by molar-refractivity contribution is -0.154. The summed E-state index contributed by atoms with van der Waals surface area (Å²) in [7, 11) is 8.73. The van der Waals surface area contributed by atoms with Gasteiger partial charge in [0.05, 0.1) is 37.2 Å². The normalized spacial score (nSPS) is 25.8. The molecular formula is C78H132N14O14S. The van der Waals surface area contributed by atoms with Gasteiger partial charge in [0, 0.05) is 92.4 Å². The Bertz CT molecular complexity index is 3200. The maximum absolute atomic E-state index is 15.3. The third-order valence-corrected chi connectivity index (χ3v) is 22.1. The van der Waals surface area contributed by atoms with E-state index in [1.54, 1.807) is 60.1 Å². The summed E-state index contributed by atoms with van der Waals surface area (Å²) in [6.45, 7) is 32.0. The first-order valence-corrected chi connectivity index (χ1v) is 39.9. The second-order valence-electron chi connectivity index (χ2n) is 31.8. The average Bonchev–Trinajstić information content (AvgIpc) is 1.37. The second-order valence-corrected chi connectivity index (χ2v) is 32.9. The highest BCUT2D eigenvalue weighted by Gasteiger charge is 2.45. The molecule has 0 bridgehead atoms. The fraction of sp³-hybridized carbons (Fsp3) is 0.769. The largest absolute Gasteiger partial charge is 0.390 e. The van der Waals surface area contributed by atoms with Crippen molar-refractivity contribution in [1.29, 1.82) is 0 Å². The van der Waals surface area contributed by atoms with E-state index in [-0.39, 0.29) is 62.9 Å². The standard InChI is InChI=1S/C78H132N14O14S/c1-23-59-75(102)85(17)55(15)73(100)90(22)67(56(16)106-38-30-29-35-91-36-39-105-40-37-91)64(94)46-58(50(8)9)74(101)86(18)60(42-47(2)3)63(93)45-53(13)69(96)79-54(14)72(99)87(19)61(43-48(4)5)76(103)88(20)62(44-49(6)7)77(104)89(21)66(51(10)11)71(98)81-65(70(97)80-59)68(95)52(12)32-26-25-31-41-107-78-82-83-84-92(78)57-33-27-24-28-34-57/h24,27-28,33-34,47-56,58-62,65-68,95H,23,25-26,29-32,35-46H2,1-22H3,(H,79,96)(H,80,97)(H,81,98)/t52-,53-,54-,55-,56-,58+,59+,60+,61+,62+,65+,66+,67+,68-/m1/s1. The number of aliphatic hydroxyl groups is 1. The van der Waals surface area contributed by atoms with Crippen LogP contribution in [-0.2, 0) is 62.2 Å². The average molecular weight is 1520 g/mol. The molecule has 2 saturated heterocycles. The fourth-order valence-electron chi connectivity index (χ4n) is 14.2. The summed E-state index contributed by atoms with van der Waals surface area (Å²) in [5, 5.41) is 33.7. The first-order valence-electron chi connectivity index (χ1n) is 38.9. The highest BCUT2D eigenvalue weighted by atomic mass is 32.2. The first kappa shape index (κ1) is 92.4. The number of ether oxygens (including phenoxy) is 2. The Kier molecular flexibility index (Phi) is 38.6. The predicted molar refractivity (Wildman–Crippen MR) is 412 cm³/mol. The van der Waals surface area contributed by atoms with Crippen LogP contribution in [0.15, 0.2) is 35.5 Å². The van der Waals surface area contributed by atoms with Crippen LogP contribution in [0.1, 0.15) is 188 Å². The molecule has 2 aliphatic heterocycles. The SMILES string of the molecule is CC[C@@H]1NC(=O)[C@H]([C@H](O)[C@H](C)CCCCCSc2nnnn2-c2ccccc2)NC(=O)[C@H](C(C)C)N(C)C(=O)[C@H](CC(C)C)N(C)C(=O)[C@H](CC(C)C)N(C)C(=O)[C@@H](C)NC(=O)[C@H](C)CC(=O)[C@H](CC(C)C)N(C)C(=O)[C@H](C(C)C)CC(=O)[C@H]([C@@H](C)OCCCCN2CCOCC2)N(C)C(=O)[C@@H](C)N(C)C1=O. The lowest BCUT2D eigenvalue weighted by Crippen LogP contribution is -2.63. The van der Waals surface area contributed by atoms with Crippen molar-refractivity contribution >= 4 is 76.5 Å². The molecule has 2 aromatic rings. The quantitative estimate of drug-likeness (QED) is 0.0590.